The standard InChI is InChI=1S/C65H93N9O3/c66-61(75)41-70-26-9-13-48(40-70)65-68-63-57(18-7-21-60(63)74(65)56-37-51-16-6-17-52(38-56)71(51)53-31-42-10-1-2-11-43(28-42)32-53)46-23-22-44-29-45(30-46)34-54(33-44)72-49-14-5-15-50(72)36-55(35-49)73-59-20-4-3-19-58(59)67-64(73)47-12-8-25-69(39-47)27-24-62(76)77/h3-4,7,18-21,42-56H,1-2,5-6,8-17,22-41H2,(H2,66,75)(H,76,77). The van der Waals surface area contributed by atoms with Gasteiger partial charge in [0.15, 0.2) is 0 Å². The first kappa shape index (κ1) is 51.3. The molecule has 416 valence electrons. The number of imidazole rings is 2. The third-order valence-electron chi connectivity index (χ3n) is 23.0. The number of hydrogen-bond acceptors (Lipinski definition) is 8. The van der Waals surface area contributed by atoms with Crippen LogP contribution in [0.1, 0.15) is 227 Å². The Kier molecular flexibility index (Phi) is 14.6. The first-order chi connectivity index (χ1) is 37.7. The molecular weight excluding hydrogens is 955 g/mol. The predicted octanol–water partition coefficient (Wildman–Crippen LogP) is 11.9. The number of nitrogens with zero attached hydrogens (tertiary/aromatic N) is 8. The highest BCUT2D eigenvalue weighted by atomic mass is 16.4. The molecule has 0 radical (unpaired) electrons. The third kappa shape index (κ3) is 10.2. The van der Waals surface area contributed by atoms with Gasteiger partial charge in [-0.2, -0.15) is 0 Å². The van der Waals surface area contributed by atoms with Crippen LogP contribution in [0, 0.1) is 23.7 Å². The molecule has 12 heteroatoms. The molecule has 12 nitrogen and oxygen atoms in total. The van der Waals surface area contributed by atoms with Crippen LogP contribution in [0.4, 0.5) is 0 Å². The van der Waals surface area contributed by atoms with E-state index in [0.717, 1.165) is 87.1 Å². The fourth-order valence-electron chi connectivity index (χ4n) is 20.2. The van der Waals surface area contributed by atoms with Crippen molar-refractivity contribution in [2.75, 3.05) is 39.3 Å². The number of likely N-dealkylation sites (tertiary alicyclic amines) is 2. The van der Waals surface area contributed by atoms with Crippen LogP contribution < -0.4 is 5.73 Å². The number of amides is 1. The van der Waals surface area contributed by atoms with Crippen LogP contribution in [-0.4, -0.2) is 131 Å². The van der Waals surface area contributed by atoms with Gasteiger partial charge >= 0.3 is 5.97 Å². The van der Waals surface area contributed by atoms with E-state index < -0.39 is 5.97 Å². The van der Waals surface area contributed by atoms with Gasteiger partial charge in [0.05, 0.1) is 35.0 Å². The lowest BCUT2D eigenvalue weighted by Crippen LogP contribution is -2.58. The summed E-state index contributed by atoms with van der Waals surface area (Å²) in [6, 6.07) is 21.2. The number of aliphatic carboxylic acids is 1. The molecule has 77 heavy (non-hydrogen) atoms. The lowest BCUT2D eigenvalue weighted by Gasteiger charge is -2.55. The Labute approximate surface area is 459 Å². The zero-order valence-electron chi connectivity index (χ0n) is 46.7. The Morgan fingerprint density at radius 2 is 1.05 bits per heavy atom. The molecule has 4 aromatic rings. The van der Waals surface area contributed by atoms with Crippen molar-refractivity contribution in [1.29, 1.82) is 0 Å². The molecule has 1 amide bonds. The van der Waals surface area contributed by atoms with Gasteiger partial charge in [0.2, 0.25) is 5.91 Å². The molecule has 10 fully saturated rings. The molecule has 4 saturated carbocycles. The molecular formula is C65H93N9O3. The van der Waals surface area contributed by atoms with E-state index in [9.17, 15) is 14.7 Å². The molecule has 12 atom stereocenters. The SMILES string of the molecule is NC(=O)CN1CCCC(c2nc3c(C4CCC5CC(C4)CC(N4C6CCCC4CC(n4c(C7CCCN(CCC(=O)O)C7)nc7ccccc74)C6)C5)cccc3n2C2CC3CCCC(C2)N3C2CC3CCCCC(C3)C2)C1. The molecule has 8 bridgehead atoms. The van der Waals surface area contributed by atoms with Crippen LogP contribution in [0.25, 0.3) is 22.1 Å². The van der Waals surface area contributed by atoms with Crippen molar-refractivity contribution in [2.45, 2.75) is 246 Å². The van der Waals surface area contributed by atoms with Crippen LogP contribution in [0.5, 0.6) is 0 Å². The minimum atomic E-state index is -0.704. The quantitative estimate of drug-likeness (QED) is 0.142. The number of rotatable bonds is 12. The Hall–Kier alpha value is -3.84. The monoisotopic (exact) mass is 1050 g/mol. The van der Waals surface area contributed by atoms with Gasteiger partial charge in [0.25, 0.3) is 0 Å². The zero-order chi connectivity index (χ0) is 51.7. The average Bonchev–Trinajstić information content (AvgIpc) is 4.08. The number of para-hydroxylation sites is 3. The van der Waals surface area contributed by atoms with E-state index in [1.54, 1.807) is 0 Å². The summed E-state index contributed by atoms with van der Waals surface area (Å²) in [7, 11) is 0. The van der Waals surface area contributed by atoms with Crippen LogP contribution in [0.2, 0.25) is 0 Å². The fraction of sp³-hybridized carbons (Fsp3) is 0.754. The van der Waals surface area contributed by atoms with Crippen molar-refractivity contribution < 1.29 is 14.7 Å². The molecule has 2 aromatic heterocycles. The van der Waals surface area contributed by atoms with Gasteiger partial charge in [-0.25, -0.2) is 9.97 Å². The molecule has 4 aliphatic carbocycles. The molecule has 6 aliphatic heterocycles. The Bertz CT molecular complexity index is 2710. The van der Waals surface area contributed by atoms with Crippen LogP contribution in [0.15, 0.2) is 42.5 Å². The highest BCUT2D eigenvalue weighted by molar-refractivity contribution is 5.81. The number of carboxylic acid groups (broad SMARTS) is 1. The third-order valence-corrected chi connectivity index (χ3v) is 23.0. The zero-order valence-corrected chi connectivity index (χ0v) is 46.7. The highest BCUT2D eigenvalue weighted by Gasteiger charge is 2.49. The van der Waals surface area contributed by atoms with Crippen molar-refractivity contribution in [3.05, 3.63) is 59.7 Å². The average molecular weight is 1050 g/mol. The van der Waals surface area contributed by atoms with Gasteiger partial charge < -0.3 is 24.9 Å². The summed E-state index contributed by atoms with van der Waals surface area (Å²) in [4.78, 5) is 46.3. The number of piperidine rings is 6. The van der Waals surface area contributed by atoms with E-state index >= 15 is 0 Å². The van der Waals surface area contributed by atoms with E-state index in [-0.39, 0.29) is 12.3 Å². The number of carboxylic acids is 1. The lowest BCUT2D eigenvalue weighted by molar-refractivity contribution is -0.137. The Balaban J connectivity index is 0.719. The normalized spacial score (nSPS) is 37.6. The summed E-state index contributed by atoms with van der Waals surface area (Å²) in [6.07, 6.45) is 35.9. The number of nitrogens with two attached hydrogens (primary N) is 1. The van der Waals surface area contributed by atoms with Crippen LogP contribution >= 0.6 is 0 Å². The number of hydrogen-bond donors (Lipinski definition) is 2. The molecule has 2 aromatic carbocycles. The summed E-state index contributed by atoms with van der Waals surface area (Å²) in [5.74, 6) is 6.29. The first-order valence-electron chi connectivity index (χ1n) is 32.2. The van der Waals surface area contributed by atoms with Gasteiger partial charge in [-0.1, -0.05) is 62.8 Å². The Morgan fingerprint density at radius 3 is 1.70 bits per heavy atom. The van der Waals surface area contributed by atoms with Gasteiger partial charge in [-0.05, 0) is 201 Å². The second-order valence-corrected chi connectivity index (χ2v) is 27.8. The predicted molar refractivity (Wildman–Crippen MR) is 305 cm³/mol. The fourth-order valence-corrected chi connectivity index (χ4v) is 20.2. The number of benzene rings is 2. The number of fused-ring (bicyclic) bond motifs is 10. The summed E-state index contributed by atoms with van der Waals surface area (Å²) in [5, 5.41) is 9.51. The molecule has 8 heterocycles. The van der Waals surface area contributed by atoms with E-state index in [0.29, 0.717) is 73.1 Å². The number of carbonyl (C=O) groups excluding carboxylic acids is 1. The summed E-state index contributed by atoms with van der Waals surface area (Å²) in [6.45, 7) is 4.69. The second-order valence-electron chi connectivity index (χ2n) is 27.8. The van der Waals surface area contributed by atoms with E-state index in [1.807, 2.05) is 0 Å². The minimum absolute atomic E-state index is 0.207. The van der Waals surface area contributed by atoms with Crippen molar-refractivity contribution in [2.24, 2.45) is 29.4 Å². The lowest BCUT2D eigenvalue weighted by atomic mass is 9.73. The van der Waals surface area contributed by atoms with Crippen molar-refractivity contribution in [1.82, 2.24) is 38.7 Å². The van der Waals surface area contributed by atoms with Crippen molar-refractivity contribution in [3.63, 3.8) is 0 Å². The minimum Gasteiger partial charge on any atom is -0.481 e. The molecule has 6 saturated heterocycles. The summed E-state index contributed by atoms with van der Waals surface area (Å²) < 4.78 is 5.56. The molecule has 3 N–H and O–H groups in total. The maximum atomic E-state index is 12.3. The van der Waals surface area contributed by atoms with Gasteiger partial charge in [0.1, 0.15) is 11.6 Å². The van der Waals surface area contributed by atoms with E-state index in [1.165, 1.54) is 181 Å². The van der Waals surface area contributed by atoms with Gasteiger partial charge in [-0.3, -0.25) is 24.3 Å². The highest BCUT2D eigenvalue weighted by Crippen LogP contribution is 2.53. The molecule has 12 unspecified atom stereocenters. The van der Waals surface area contributed by atoms with E-state index in [2.05, 4.69) is 71.2 Å². The van der Waals surface area contributed by atoms with Crippen molar-refractivity contribution >= 4 is 33.9 Å². The molecule has 14 rings (SSSR count). The Morgan fingerprint density at radius 1 is 0.494 bits per heavy atom. The molecule has 10 aliphatic rings. The molecule has 0 spiro atoms. The van der Waals surface area contributed by atoms with Gasteiger partial charge in [0, 0.05) is 79.8 Å². The second kappa shape index (κ2) is 21.9. The van der Waals surface area contributed by atoms with Crippen molar-refractivity contribution in [3.8, 4) is 0 Å². The number of carbonyl (C=O) groups is 2. The summed E-state index contributed by atoms with van der Waals surface area (Å²) in [5.41, 5.74) is 12.5. The maximum absolute atomic E-state index is 12.3. The smallest absolute Gasteiger partial charge is 0.304 e. The number of aromatic nitrogens is 4. The van der Waals surface area contributed by atoms with Crippen LogP contribution in [0.3, 0.4) is 0 Å². The van der Waals surface area contributed by atoms with E-state index in [4.69, 9.17) is 15.7 Å². The van der Waals surface area contributed by atoms with Crippen LogP contribution in [-0.2, 0) is 9.59 Å². The first-order valence-corrected chi connectivity index (χ1v) is 32.2. The van der Waals surface area contributed by atoms with Gasteiger partial charge in [-0.15, -0.1) is 0 Å². The largest absolute Gasteiger partial charge is 0.481 e. The summed E-state index contributed by atoms with van der Waals surface area (Å²) >= 11 is 0. The topological polar surface area (TPSA) is 129 Å². The maximum Gasteiger partial charge on any atom is 0.304 e. The number of primary amides is 1.